The van der Waals surface area contributed by atoms with E-state index < -0.39 is 5.91 Å². The molecule has 6 nitrogen and oxygen atoms in total. The lowest BCUT2D eigenvalue weighted by atomic mass is 10.1. The van der Waals surface area contributed by atoms with Gasteiger partial charge in [-0.3, -0.25) is 14.5 Å². The van der Waals surface area contributed by atoms with Gasteiger partial charge in [0.2, 0.25) is 11.8 Å². The summed E-state index contributed by atoms with van der Waals surface area (Å²) in [5, 5.41) is 2.69. The fraction of sp³-hybridized carbons (Fsp3) is 0.385. The van der Waals surface area contributed by atoms with Crippen molar-refractivity contribution in [3.05, 3.63) is 29.8 Å². The Balaban J connectivity index is 2.71. The number of anilines is 1. The maximum atomic E-state index is 11.6. The first-order valence-corrected chi connectivity index (χ1v) is 6.13. The Bertz CT molecular complexity index is 448. The van der Waals surface area contributed by atoms with E-state index in [0.717, 1.165) is 5.56 Å². The van der Waals surface area contributed by atoms with E-state index in [1.54, 1.807) is 11.0 Å². The molecule has 0 aliphatic rings. The maximum absolute atomic E-state index is 11.6. The van der Waals surface area contributed by atoms with Crippen LogP contribution < -0.4 is 16.8 Å². The number of hydrogen-bond donors (Lipinski definition) is 3. The Morgan fingerprint density at radius 1 is 1.26 bits per heavy atom. The van der Waals surface area contributed by atoms with E-state index in [1.165, 1.54) is 0 Å². The zero-order valence-electron chi connectivity index (χ0n) is 11.1. The zero-order valence-corrected chi connectivity index (χ0v) is 11.1. The normalized spacial score (nSPS) is 10.4. The van der Waals surface area contributed by atoms with Crippen molar-refractivity contribution >= 4 is 17.5 Å². The summed E-state index contributed by atoms with van der Waals surface area (Å²) in [7, 11) is 0. The second-order valence-corrected chi connectivity index (χ2v) is 4.26. The standard InChI is InChI=1S/C13H20N4O2/c1-2-16-13(19)9-17(8-12(15)18)7-10-5-3-4-6-11(10)14/h3-6H,2,7-9,14H2,1H3,(H2,15,18)(H,16,19). The SMILES string of the molecule is CCNC(=O)CN(CC(N)=O)Cc1ccccc1N. The van der Waals surface area contributed by atoms with Crippen LogP contribution in [0.4, 0.5) is 5.69 Å². The number of para-hydroxylation sites is 1. The molecule has 0 saturated heterocycles. The highest BCUT2D eigenvalue weighted by molar-refractivity contribution is 5.80. The second-order valence-electron chi connectivity index (χ2n) is 4.26. The van der Waals surface area contributed by atoms with Crippen molar-refractivity contribution in [2.45, 2.75) is 13.5 Å². The number of carbonyl (C=O) groups excluding carboxylic acids is 2. The van der Waals surface area contributed by atoms with Crippen molar-refractivity contribution in [2.24, 2.45) is 5.73 Å². The summed E-state index contributed by atoms with van der Waals surface area (Å²) in [5.74, 6) is -0.614. The summed E-state index contributed by atoms with van der Waals surface area (Å²) in [6.07, 6.45) is 0. The van der Waals surface area contributed by atoms with Crippen molar-refractivity contribution in [1.29, 1.82) is 0 Å². The fourth-order valence-electron chi connectivity index (χ4n) is 1.76. The molecule has 0 atom stereocenters. The number of nitrogens with one attached hydrogen (secondary N) is 1. The fourth-order valence-corrected chi connectivity index (χ4v) is 1.76. The average molecular weight is 264 g/mol. The van der Waals surface area contributed by atoms with E-state index in [9.17, 15) is 9.59 Å². The number of likely N-dealkylation sites (N-methyl/N-ethyl adjacent to an activating group) is 1. The van der Waals surface area contributed by atoms with Gasteiger partial charge in [-0.2, -0.15) is 0 Å². The molecule has 0 spiro atoms. The van der Waals surface area contributed by atoms with E-state index in [0.29, 0.717) is 18.8 Å². The molecule has 0 radical (unpaired) electrons. The Morgan fingerprint density at radius 3 is 2.53 bits per heavy atom. The van der Waals surface area contributed by atoms with Crippen LogP contribution >= 0.6 is 0 Å². The number of nitrogens with two attached hydrogens (primary N) is 2. The van der Waals surface area contributed by atoms with Gasteiger partial charge in [0, 0.05) is 18.8 Å². The minimum Gasteiger partial charge on any atom is -0.398 e. The summed E-state index contributed by atoms with van der Waals surface area (Å²) >= 11 is 0. The van der Waals surface area contributed by atoms with Gasteiger partial charge in [0.15, 0.2) is 0 Å². The van der Waals surface area contributed by atoms with Gasteiger partial charge in [-0.1, -0.05) is 18.2 Å². The van der Waals surface area contributed by atoms with Gasteiger partial charge in [-0.25, -0.2) is 0 Å². The molecule has 1 aromatic carbocycles. The van der Waals surface area contributed by atoms with Gasteiger partial charge in [0.1, 0.15) is 0 Å². The number of rotatable bonds is 7. The third-order valence-corrected chi connectivity index (χ3v) is 2.57. The molecule has 0 aliphatic carbocycles. The molecule has 1 aromatic rings. The zero-order chi connectivity index (χ0) is 14.3. The van der Waals surface area contributed by atoms with Gasteiger partial charge in [0.25, 0.3) is 0 Å². The Hall–Kier alpha value is -2.08. The summed E-state index contributed by atoms with van der Waals surface area (Å²) in [6, 6.07) is 7.34. The Morgan fingerprint density at radius 2 is 1.95 bits per heavy atom. The minimum atomic E-state index is -0.473. The number of nitrogen functional groups attached to an aromatic ring is 1. The first-order chi connectivity index (χ1) is 9.02. The summed E-state index contributed by atoms with van der Waals surface area (Å²) < 4.78 is 0. The number of amides is 2. The average Bonchev–Trinajstić information content (AvgIpc) is 2.31. The van der Waals surface area contributed by atoms with Gasteiger partial charge in [-0.05, 0) is 18.6 Å². The molecule has 6 heteroatoms. The topological polar surface area (TPSA) is 101 Å². The predicted molar refractivity (Wildman–Crippen MR) is 74.0 cm³/mol. The number of hydrogen-bond acceptors (Lipinski definition) is 4. The molecule has 0 heterocycles. The largest absolute Gasteiger partial charge is 0.398 e. The third kappa shape index (κ3) is 5.39. The number of benzene rings is 1. The smallest absolute Gasteiger partial charge is 0.234 e. The molecule has 0 unspecified atom stereocenters. The van der Waals surface area contributed by atoms with Crippen LogP contribution in [0.1, 0.15) is 12.5 Å². The van der Waals surface area contributed by atoms with E-state index >= 15 is 0 Å². The molecule has 2 amide bonds. The molecule has 0 aromatic heterocycles. The Kier molecular flexibility index (Phi) is 5.81. The first-order valence-electron chi connectivity index (χ1n) is 6.13. The number of primary amides is 1. The summed E-state index contributed by atoms with van der Waals surface area (Å²) in [4.78, 5) is 24.3. The first kappa shape index (κ1) is 15.0. The molecular formula is C13H20N4O2. The molecule has 1 rings (SSSR count). The highest BCUT2D eigenvalue weighted by Crippen LogP contribution is 2.13. The van der Waals surface area contributed by atoms with Crippen LogP contribution in [0.2, 0.25) is 0 Å². The van der Waals surface area contributed by atoms with E-state index in [4.69, 9.17) is 11.5 Å². The van der Waals surface area contributed by atoms with Gasteiger partial charge in [0.05, 0.1) is 13.1 Å². The van der Waals surface area contributed by atoms with Crippen molar-refractivity contribution in [3.8, 4) is 0 Å². The van der Waals surface area contributed by atoms with Crippen LogP contribution in [0.15, 0.2) is 24.3 Å². The lowest BCUT2D eigenvalue weighted by molar-refractivity contribution is -0.124. The molecule has 104 valence electrons. The van der Waals surface area contributed by atoms with Crippen LogP contribution in [0.3, 0.4) is 0 Å². The second kappa shape index (κ2) is 7.38. The lowest BCUT2D eigenvalue weighted by Crippen LogP contribution is -2.41. The third-order valence-electron chi connectivity index (χ3n) is 2.57. The van der Waals surface area contributed by atoms with Crippen molar-refractivity contribution < 1.29 is 9.59 Å². The van der Waals surface area contributed by atoms with Crippen LogP contribution in [0, 0.1) is 0 Å². The quantitative estimate of drug-likeness (QED) is 0.588. The van der Waals surface area contributed by atoms with Crippen LogP contribution in [-0.4, -0.2) is 36.3 Å². The van der Waals surface area contributed by atoms with Crippen LogP contribution in [0.5, 0.6) is 0 Å². The molecule has 5 N–H and O–H groups in total. The van der Waals surface area contributed by atoms with Gasteiger partial charge >= 0.3 is 0 Å². The van der Waals surface area contributed by atoms with Crippen molar-refractivity contribution in [3.63, 3.8) is 0 Å². The molecular weight excluding hydrogens is 244 g/mol. The molecule has 19 heavy (non-hydrogen) atoms. The highest BCUT2D eigenvalue weighted by Gasteiger charge is 2.14. The van der Waals surface area contributed by atoms with Crippen LogP contribution in [-0.2, 0) is 16.1 Å². The molecule has 0 saturated carbocycles. The molecule has 0 aliphatic heterocycles. The van der Waals surface area contributed by atoms with E-state index in [-0.39, 0.29) is 19.0 Å². The van der Waals surface area contributed by atoms with Gasteiger partial charge in [-0.15, -0.1) is 0 Å². The van der Waals surface area contributed by atoms with Crippen molar-refractivity contribution in [1.82, 2.24) is 10.2 Å². The van der Waals surface area contributed by atoms with E-state index in [1.807, 2.05) is 25.1 Å². The number of nitrogens with zero attached hydrogens (tertiary/aromatic N) is 1. The van der Waals surface area contributed by atoms with Crippen LogP contribution in [0.25, 0.3) is 0 Å². The van der Waals surface area contributed by atoms with Gasteiger partial charge < -0.3 is 16.8 Å². The molecule has 0 bridgehead atoms. The maximum Gasteiger partial charge on any atom is 0.234 e. The minimum absolute atomic E-state index is 0.0193. The van der Waals surface area contributed by atoms with Crippen molar-refractivity contribution in [2.75, 3.05) is 25.4 Å². The number of carbonyl (C=O) groups is 2. The predicted octanol–water partition coefficient (Wildman–Crippen LogP) is -0.308. The lowest BCUT2D eigenvalue weighted by Gasteiger charge is -2.20. The monoisotopic (exact) mass is 264 g/mol. The molecule has 0 fully saturated rings. The van der Waals surface area contributed by atoms with E-state index in [2.05, 4.69) is 5.32 Å². The summed E-state index contributed by atoms with van der Waals surface area (Å²) in [5.41, 5.74) is 12.5. The summed E-state index contributed by atoms with van der Waals surface area (Å²) in [6.45, 7) is 2.94. The highest BCUT2D eigenvalue weighted by atomic mass is 16.2. The Labute approximate surface area is 112 Å².